The van der Waals surface area contributed by atoms with Crippen molar-refractivity contribution in [2.45, 2.75) is 47.1 Å². The summed E-state index contributed by atoms with van der Waals surface area (Å²) in [4.78, 5) is 13.2. The first-order valence-electron chi connectivity index (χ1n) is 8.07. The zero-order chi connectivity index (χ0) is 17.9. The number of anilines is 1. The van der Waals surface area contributed by atoms with E-state index < -0.39 is 0 Å². The highest BCUT2D eigenvalue weighted by atomic mass is 79.9. The summed E-state index contributed by atoms with van der Waals surface area (Å²) in [6.07, 6.45) is 1.68. The van der Waals surface area contributed by atoms with Gasteiger partial charge < -0.3 is 5.73 Å². The van der Waals surface area contributed by atoms with Crippen LogP contribution in [0.1, 0.15) is 50.7 Å². The Morgan fingerprint density at radius 3 is 2.58 bits per heavy atom. The second kappa shape index (κ2) is 7.70. The molecule has 0 aliphatic carbocycles. The van der Waals surface area contributed by atoms with Crippen LogP contribution in [0, 0.1) is 6.92 Å². The fourth-order valence-corrected chi connectivity index (χ4v) is 3.01. The number of pyridine rings is 1. The molecule has 7 heteroatoms. The SMILES string of the molecule is CC.Cc1nc(C(C)C)c2c(Br)nn(Cc3cccnc3N)c2n1. The third-order valence-electron chi connectivity index (χ3n) is 3.48. The van der Waals surface area contributed by atoms with Crippen molar-refractivity contribution in [1.82, 2.24) is 24.7 Å². The van der Waals surface area contributed by atoms with E-state index in [0.717, 1.165) is 32.7 Å². The number of nitrogens with two attached hydrogens (primary N) is 1. The fraction of sp³-hybridized carbons (Fsp3) is 0.412. The van der Waals surface area contributed by atoms with Gasteiger partial charge in [-0.2, -0.15) is 5.10 Å². The lowest BCUT2D eigenvalue weighted by Crippen LogP contribution is -2.07. The highest BCUT2D eigenvalue weighted by Gasteiger charge is 2.18. The molecular weight excluding hydrogens is 368 g/mol. The molecule has 0 saturated carbocycles. The lowest BCUT2D eigenvalue weighted by atomic mass is 10.1. The molecule has 0 atom stereocenters. The van der Waals surface area contributed by atoms with Gasteiger partial charge in [0.15, 0.2) is 5.65 Å². The molecule has 3 aromatic heterocycles. The summed E-state index contributed by atoms with van der Waals surface area (Å²) in [5.41, 5.74) is 8.66. The number of aromatic nitrogens is 5. The molecular formula is C17H23BrN6. The molecule has 0 aliphatic heterocycles. The maximum atomic E-state index is 5.93. The molecule has 0 aromatic carbocycles. The quantitative estimate of drug-likeness (QED) is 0.728. The Balaban J connectivity index is 0.00000100. The van der Waals surface area contributed by atoms with Crippen LogP contribution in [0.25, 0.3) is 11.0 Å². The van der Waals surface area contributed by atoms with Crippen molar-refractivity contribution in [2.24, 2.45) is 0 Å². The van der Waals surface area contributed by atoms with Gasteiger partial charge in [0.2, 0.25) is 0 Å². The van der Waals surface area contributed by atoms with E-state index in [1.807, 2.05) is 37.6 Å². The third kappa shape index (κ3) is 3.56. The minimum absolute atomic E-state index is 0.293. The molecule has 0 fully saturated rings. The topological polar surface area (TPSA) is 82.5 Å². The van der Waals surface area contributed by atoms with Crippen LogP contribution >= 0.6 is 15.9 Å². The Morgan fingerprint density at radius 2 is 1.96 bits per heavy atom. The smallest absolute Gasteiger partial charge is 0.163 e. The Labute approximate surface area is 150 Å². The molecule has 0 aliphatic rings. The van der Waals surface area contributed by atoms with Crippen LogP contribution in [-0.4, -0.2) is 24.7 Å². The summed E-state index contributed by atoms with van der Waals surface area (Å²) in [6, 6.07) is 3.81. The highest BCUT2D eigenvalue weighted by Crippen LogP contribution is 2.29. The van der Waals surface area contributed by atoms with E-state index in [0.29, 0.717) is 18.3 Å². The van der Waals surface area contributed by atoms with Crippen molar-refractivity contribution >= 4 is 32.8 Å². The predicted octanol–water partition coefficient (Wildman–Crippen LogP) is 4.07. The molecule has 0 radical (unpaired) electrons. The lowest BCUT2D eigenvalue weighted by Gasteiger charge is -2.09. The average molecular weight is 391 g/mol. The Bertz CT molecular complexity index is 840. The van der Waals surface area contributed by atoms with E-state index in [-0.39, 0.29) is 0 Å². The van der Waals surface area contributed by atoms with E-state index in [1.165, 1.54) is 0 Å². The summed E-state index contributed by atoms with van der Waals surface area (Å²) in [5.74, 6) is 1.54. The van der Waals surface area contributed by atoms with Crippen LogP contribution in [0.2, 0.25) is 0 Å². The number of nitrogens with zero attached hydrogens (tertiary/aromatic N) is 5. The molecule has 0 unspecified atom stereocenters. The number of nitrogen functional groups attached to an aromatic ring is 1. The molecule has 3 heterocycles. The third-order valence-corrected chi connectivity index (χ3v) is 4.04. The van der Waals surface area contributed by atoms with E-state index in [2.05, 4.69) is 49.8 Å². The van der Waals surface area contributed by atoms with Crippen molar-refractivity contribution < 1.29 is 0 Å². The fourth-order valence-electron chi connectivity index (χ4n) is 2.44. The first-order chi connectivity index (χ1) is 11.5. The van der Waals surface area contributed by atoms with Gasteiger partial charge in [0.05, 0.1) is 17.6 Å². The molecule has 2 N–H and O–H groups in total. The molecule has 3 rings (SSSR count). The van der Waals surface area contributed by atoms with Gasteiger partial charge >= 0.3 is 0 Å². The molecule has 24 heavy (non-hydrogen) atoms. The van der Waals surface area contributed by atoms with E-state index >= 15 is 0 Å². The summed E-state index contributed by atoms with van der Waals surface area (Å²) in [7, 11) is 0. The standard InChI is InChI=1S/C15H17BrN6.C2H6/c1-8(2)12-11-13(16)21-22(15(11)20-9(3)19-12)7-10-5-4-6-18-14(10)17;1-2/h4-6,8H,7H2,1-3H3,(H2,17,18);1-2H3. The highest BCUT2D eigenvalue weighted by molar-refractivity contribution is 9.10. The van der Waals surface area contributed by atoms with Crippen molar-refractivity contribution in [3.63, 3.8) is 0 Å². The van der Waals surface area contributed by atoms with Gasteiger partial charge in [0.25, 0.3) is 0 Å². The lowest BCUT2D eigenvalue weighted by molar-refractivity contribution is 0.696. The van der Waals surface area contributed by atoms with Crippen LogP contribution < -0.4 is 5.73 Å². The minimum atomic E-state index is 0.293. The van der Waals surface area contributed by atoms with Gasteiger partial charge in [-0.1, -0.05) is 33.8 Å². The number of hydrogen-bond donors (Lipinski definition) is 1. The number of rotatable bonds is 3. The van der Waals surface area contributed by atoms with Crippen LogP contribution in [0.5, 0.6) is 0 Å². The molecule has 6 nitrogen and oxygen atoms in total. The van der Waals surface area contributed by atoms with Gasteiger partial charge in [0, 0.05) is 11.8 Å². The first kappa shape index (κ1) is 18.3. The summed E-state index contributed by atoms with van der Waals surface area (Å²) in [6.45, 7) is 10.7. The van der Waals surface area contributed by atoms with Crippen LogP contribution in [0.3, 0.4) is 0 Å². The van der Waals surface area contributed by atoms with Crippen molar-refractivity contribution in [1.29, 1.82) is 0 Å². The summed E-state index contributed by atoms with van der Waals surface area (Å²) in [5, 5.41) is 5.52. The molecule has 128 valence electrons. The second-order valence-electron chi connectivity index (χ2n) is 5.51. The average Bonchev–Trinajstić information content (AvgIpc) is 2.86. The van der Waals surface area contributed by atoms with Gasteiger partial charge in [-0.15, -0.1) is 0 Å². The largest absolute Gasteiger partial charge is 0.383 e. The summed E-state index contributed by atoms with van der Waals surface area (Å²) >= 11 is 3.53. The number of halogens is 1. The summed E-state index contributed by atoms with van der Waals surface area (Å²) < 4.78 is 2.60. The van der Waals surface area contributed by atoms with Gasteiger partial charge in [0.1, 0.15) is 16.2 Å². The first-order valence-corrected chi connectivity index (χ1v) is 8.86. The number of hydrogen-bond acceptors (Lipinski definition) is 5. The van der Waals surface area contributed by atoms with Crippen molar-refractivity contribution in [2.75, 3.05) is 5.73 Å². The Morgan fingerprint density at radius 1 is 1.25 bits per heavy atom. The molecule has 0 bridgehead atoms. The minimum Gasteiger partial charge on any atom is -0.383 e. The van der Waals surface area contributed by atoms with Gasteiger partial charge in [-0.3, -0.25) is 0 Å². The van der Waals surface area contributed by atoms with Crippen LogP contribution in [-0.2, 0) is 6.54 Å². The molecule has 0 amide bonds. The van der Waals surface area contributed by atoms with Gasteiger partial charge in [-0.05, 0) is 34.8 Å². The Kier molecular flexibility index (Phi) is 5.88. The molecule has 0 saturated heterocycles. The van der Waals surface area contributed by atoms with E-state index in [4.69, 9.17) is 5.73 Å². The normalized spacial score (nSPS) is 10.8. The van der Waals surface area contributed by atoms with Crippen LogP contribution in [0.15, 0.2) is 22.9 Å². The number of fused-ring (bicyclic) bond motifs is 1. The monoisotopic (exact) mass is 390 g/mol. The molecule has 0 spiro atoms. The second-order valence-corrected chi connectivity index (χ2v) is 6.26. The zero-order valence-electron chi connectivity index (χ0n) is 14.7. The maximum absolute atomic E-state index is 5.93. The number of aryl methyl sites for hydroxylation is 1. The van der Waals surface area contributed by atoms with Gasteiger partial charge in [-0.25, -0.2) is 19.6 Å². The van der Waals surface area contributed by atoms with E-state index in [9.17, 15) is 0 Å². The molecule has 3 aromatic rings. The van der Waals surface area contributed by atoms with E-state index in [1.54, 1.807) is 6.20 Å². The maximum Gasteiger partial charge on any atom is 0.163 e. The van der Waals surface area contributed by atoms with Crippen molar-refractivity contribution in [3.8, 4) is 0 Å². The predicted molar refractivity (Wildman–Crippen MR) is 101 cm³/mol. The Hall–Kier alpha value is -2.02. The van der Waals surface area contributed by atoms with Crippen LogP contribution in [0.4, 0.5) is 5.82 Å². The zero-order valence-corrected chi connectivity index (χ0v) is 16.3. The van der Waals surface area contributed by atoms with Crippen molar-refractivity contribution in [3.05, 3.63) is 40.0 Å².